The summed E-state index contributed by atoms with van der Waals surface area (Å²) in [5, 5.41) is 12.8. The van der Waals surface area contributed by atoms with Gasteiger partial charge in [-0.25, -0.2) is 0 Å². The Morgan fingerprint density at radius 3 is 3.00 bits per heavy atom. The number of hydrogen-bond acceptors (Lipinski definition) is 4. The molecule has 18 heavy (non-hydrogen) atoms. The number of aromatic nitrogens is 1. The molecule has 0 saturated carbocycles. The predicted molar refractivity (Wildman–Crippen MR) is 76.4 cm³/mol. The second-order valence-corrected chi connectivity index (χ2v) is 6.07. The molecule has 2 N–H and O–H groups in total. The van der Waals surface area contributed by atoms with Gasteiger partial charge in [-0.05, 0) is 50.8 Å². The van der Waals surface area contributed by atoms with Crippen molar-refractivity contribution in [2.45, 2.75) is 25.0 Å². The molecule has 0 aliphatic carbocycles. The van der Waals surface area contributed by atoms with Crippen molar-refractivity contribution in [3.8, 4) is 0 Å². The van der Waals surface area contributed by atoms with Gasteiger partial charge in [-0.2, -0.15) is 0 Å². The maximum atomic E-state index is 9.47. The lowest BCUT2D eigenvalue weighted by Crippen LogP contribution is -2.32. The van der Waals surface area contributed by atoms with E-state index in [-0.39, 0.29) is 18.8 Å². The number of pyridine rings is 1. The maximum Gasteiger partial charge on any atom is 0.0742 e. The van der Waals surface area contributed by atoms with Crippen LogP contribution in [0.4, 0.5) is 0 Å². The molecule has 2 unspecified atom stereocenters. The van der Waals surface area contributed by atoms with E-state index in [1.165, 1.54) is 0 Å². The van der Waals surface area contributed by atoms with E-state index in [1.54, 1.807) is 6.20 Å². The van der Waals surface area contributed by atoms with Gasteiger partial charge >= 0.3 is 0 Å². The second kappa shape index (κ2) is 6.96. The van der Waals surface area contributed by atoms with E-state index in [0.717, 1.165) is 40.6 Å². The number of ether oxygens (including phenoxy) is 1. The Kier molecular flexibility index (Phi) is 5.56. The van der Waals surface area contributed by atoms with Crippen LogP contribution in [0.2, 0.25) is 0 Å². The number of hydrogen-bond donors (Lipinski definition) is 2. The molecule has 0 aromatic carbocycles. The van der Waals surface area contributed by atoms with Crippen molar-refractivity contribution in [2.75, 3.05) is 19.8 Å². The third kappa shape index (κ3) is 3.74. The molecule has 100 valence electrons. The summed E-state index contributed by atoms with van der Waals surface area (Å²) in [7, 11) is 0. The number of halogens is 2. The Hall–Kier alpha value is -0.0100. The molecule has 0 amide bonds. The van der Waals surface area contributed by atoms with E-state index in [4.69, 9.17) is 4.74 Å². The van der Waals surface area contributed by atoms with Gasteiger partial charge in [0.25, 0.3) is 0 Å². The van der Waals surface area contributed by atoms with Crippen LogP contribution in [-0.4, -0.2) is 36.0 Å². The summed E-state index contributed by atoms with van der Waals surface area (Å²) in [5.41, 5.74) is 0.818. The fourth-order valence-electron chi connectivity index (χ4n) is 2.01. The topological polar surface area (TPSA) is 54.4 Å². The van der Waals surface area contributed by atoms with Crippen LogP contribution in [0.5, 0.6) is 0 Å². The van der Waals surface area contributed by atoms with Crippen molar-refractivity contribution in [1.29, 1.82) is 0 Å². The molecule has 1 aliphatic heterocycles. The van der Waals surface area contributed by atoms with Crippen molar-refractivity contribution in [3.05, 3.63) is 26.9 Å². The molecule has 6 heteroatoms. The van der Waals surface area contributed by atoms with Gasteiger partial charge in [-0.15, -0.1) is 0 Å². The quantitative estimate of drug-likeness (QED) is 0.824. The van der Waals surface area contributed by atoms with Crippen LogP contribution in [0.25, 0.3) is 0 Å². The first-order valence-electron chi connectivity index (χ1n) is 5.97. The zero-order valence-corrected chi connectivity index (χ0v) is 13.1. The minimum absolute atomic E-state index is 0.0138. The summed E-state index contributed by atoms with van der Waals surface area (Å²) >= 11 is 6.83. The van der Waals surface area contributed by atoms with Crippen LogP contribution in [0.3, 0.4) is 0 Å². The summed E-state index contributed by atoms with van der Waals surface area (Å²) in [6, 6.07) is 1.76. The van der Waals surface area contributed by atoms with Gasteiger partial charge in [0.15, 0.2) is 0 Å². The van der Waals surface area contributed by atoms with Crippen molar-refractivity contribution in [1.82, 2.24) is 10.3 Å². The average molecular weight is 380 g/mol. The van der Waals surface area contributed by atoms with Crippen LogP contribution in [0.1, 0.15) is 24.6 Å². The van der Waals surface area contributed by atoms with Crippen LogP contribution in [-0.2, 0) is 4.74 Å². The van der Waals surface area contributed by atoms with Crippen molar-refractivity contribution in [3.63, 3.8) is 0 Å². The third-order valence-corrected chi connectivity index (χ3v) is 4.03. The number of nitrogens with zero attached hydrogens (tertiary/aromatic N) is 1. The van der Waals surface area contributed by atoms with E-state index >= 15 is 0 Å². The van der Waals surface area contributed by atoms with Gasteiger partial charge in [0, 0.05) is 28.3 Å². The minimum atomic E-state index is -0.170. The lowest BCUT2D eigenvalue weighted by Gasteiger charge is -2.19. The van der Waals surface area contributed by atoms with Gasteiger partial charge in [0.05, 0.1) is 24.4 Å². The molecule has 1 aromatic heterocycles. The summed E-state index contributed by atoms with van der Waals surface area (Å²) < 4.78 is 7.35. The number of aliphatic hydroxyl groups is 1. The first-order chi connectivity index (χ1) is 8.70. The molecule has 4 nitrogen and oxygen atoms in total. The highest BCUT2D eigenvalue weighted by Gasteiger charge is 2.20. The fourth-order valence-corrected chi connectivity index (χ4v) is 3.27. The Labute approximate surface area is 123 Å². The standard InChI is InChI=1S/C12H16Br2N2O2/c13-8-4-10(14)12(16-5-8)11(7-17)15-6-9-2-1-3-18-9/h4-5,9,11,15,17H,1-3,6-7H2. The van der Waals surface area contributed by atoms with E-state index in [2.05, 4.69) is 42.2 Å². The molecule has 1 fully saturated rings. The molecular weight excluding hydrogens is 364 g/mol. The van der Waals surface area contributed by atoms with Crippen LogP contribution >= 0.6 is 31.9 Å². The Balaban J connectivity index is 1.98. The molecule has 0 bridgehead atoms. The molecule has 0 spiro atoms. The zero-order chi connectivity index (χ0) is 13.0. The van der Waals surface area contributed by atoms with Gasteiger partial charge < -0.3 is 15.2 Å². The van der Waals surface area contributed by atoms with Gasteiger partial charge in [0.2, 0.25) is 0 Å². The Morgan fingerprint density at radius 1 is 1.56 bits per heavy atom. The normalized spacial score (nSPS) is 21.2. The van der Waals surface area contributed by atoms with Crippen LogP contribution in [0.15, 0.2) is 21.2 Å². The van der Waals surface area contributed by atoms with Crippen LogP contribution < -0.4 is 5.32 Å². The first-order valence-corrected chi connectivity index (χ1v) is 7.56. The summed E-state index contributed by atoms with van der Waals surface area (Å²) in [6.07, 6.45) is 4.20. The smallest absolute Gasteiger partial charge is 0.0742 e. The van der Waals surface area contributed by atoms with Crippen molar-refractivity contribution < 1.29 is 9.84 Å². The van der Waals surface area contributed by atoms with Crippen molar-refractivity contribution >= 4 is 31.9 Å². The summed E-state index contributed by atoms with van der Waals surface area (Å²) in [4.78, 5) is 4.34. The lowest BCUT2D eigenvalue weighted by atomic mass is 10.1. The van der Waals surface area contributed by atoms with Gasteiger partial charge in [-0.1, -0.05) is 0 Å². The molecule has 2 heterocycles. The number of nitrogens with one attached hydrogen (secondary N) is 1. The highest BCUT2D eigenvalue weighted by molar-refractivity contribution is 9.11. The molecule has 0 radical (unpaired) electrons. The predicted octanol–water partition coefficient (Wildman–Crippen LogP) is 2.41. The van der Waals surface area contributed by atoms with Gasteiger partial charge in [0.1, 0.15) is 0 Å². The highest BCUT2D eigenvalue weighted by atomic mass is 79.9. The molecule has 1 saturated heterocycles. The van der Waals surface area contributed by atoms with E-state index < -0.39 is 0 Å². The van der Waals surface area contributed by atoms with E-state index in [1.807, 2.05) is 6.07 Å². The Bertz CT molecular complexity index is 398. The molecule has 2 atom stereocenters. The maximum absolute atomic E-state index is 9.47. The molecule has 2 rings (SSSR count). The van der Waals surface area contributed by atoms with Gasteiger partial charge in [-0.3, -0.25) is 4.98 Å². The summed E-state index contributed by atoms with van der Waals surface area (Å²) in [5.74, 6) is 0. The lowest BCUT2D eigenvalue weighted by molar-refractivity contribution is 0.103. The highest BCUT2D eigenvalue weighted by Crippen LogP contribution is 2.24. The molecular formula is C12H16Br2N2O2. The van der Waals surface area contributed by atoms with Crippen molar-refractivity contribution in [2.24, 2.45) is 0 Å². The average Bonchev–Trinajstić information content (AvgIpc) is 2.85. The van der Waals surface area contributed by atoms with E-state index in [0.29, 0.717) is 0 Å². The fraction of sp³-hybridized carbons (Fsp3) is 0.583. The molecule has 1 aliphatic rings. The Morgan fingerprint density at radius 2 is 2.39 bits per heavy atom. The molecule has 1 aromatic rings. The zero-order valence-electron chi connectivity index (χ0n) is 9.90. The SMILES string of the molecule is OCC(NCC1CCCO1)c1ncc(Br)cc1Br. The summed E-state index contributed by atoms with van der Waals surface area (Å²) in [6.45, 7) is 1.60. The van der Waals surface area contributed by atoms with E-state index in [9.17, 15) is 5.11 Å². The van der Waals surface area contributed by atoms with Crippen LogP contribution in [0, 0.1) is 0 Å². The minimum Gasteiger partial charge on any atom is -0.394 e. The number of rotatable bonds is 5. The first kappa shape index (κ1) is 14.4. The third-order valence-electron chi connectivity index (χ3n) is 2.96. The number of aliphatic hydroxyl groups excluding tert-OH is 1. The second-order valence-electron chi connectivity index (χ2n) is 4.30. The monoisotopic (exact) mass is 378 g/mol. The largest absolute Gasteiger partial charge is 0.394 e.